The first-order valence-electron chi connectivity index (χ1n) is 3.31. The van der Waals surface area contributed by atoms with Gasteiger partial charge in [0, 0.05) is 18.0 Å². The predicted molar refractivity (Wildman–Crippen MR) is 43.5 cm³/mol. The maximum Gasteiger partial charge on any atom is 0.0944 e. The Morgan fingerprint density at radius 2 is 2.18 bits per heavy atom. The summed E-state index contributed by atoms with van der Waals surface area (Å²) < 4.78 is 0. The average Bonchev–Trinajstić information content (AvgIpc) is 2.06. The Morgan fingerprint density at radius 3 is 2.73 bits per heavy atom. The van der Waals surface area contributed by atoms with E-state index in [1.54, 1.807) is 19.3 Å². The molecule has 0 aromatic carbocycles. The van der Waals surface area contributed by atoms with Gasteiger partial charge < -0.3 is 0 Å². The number of nitriles is 1. The molecular formula is C9H8N2. The SMILES string of the molecule is CC(C#N)=Cc1ccncc1. The van der Waals surface area contributed by atoms with Crippen LogP contribution in [0.1, 0.15) is 12.5 Å². The Labute approximate surface area is 65.8 Å². The number of rotatable bonds is 1. The Kier molecular flexibility index (Phi) is 2.40. The van der Waals surface area contributed by atoms with Crippen molar-refractivity contribution in [3.05, 3.63) is 35.7 Å². The third-order valence-corrected chi connectivity index (χ3v) is 1.27. The number of hydrogen-bond donors (Lipinski definition) is 0. The molecule has 0 saturated heterocycles. The molecule has 0 bridgehead atoms. The second-order valence-electron chi connectivity index (χ2n) is 2.22. The van der Waals surface area contributed by atoms with Gasteiger partial charge >= 0.3 is 0 Å². The van der Waals surface area contributed by atoms with Crippen molar-refractivity contribution in [1.29, 1.82) is 5.26 Å². The van der Waals surface area contributed by atoms with Crippen LogP contribution in [0.25, 0.3) is 6.08 Å². The van der Waals surface area contributed by atoms with Gasteiger partial charge in [0.2, 0.25) is 0 Å². The maximum absolute atomic E-state index is 8.46. The van der Waals surface area contributed by atoms with Gasteiger partial charge in [-0.25, -0.2) is 0 Å². The van der Waals surface area contributed by atoms with Gasteiger partial charge in [0.1, 0.15) is 0 Å². The monoisotopic (exact) mass is 144 g/mol. The molecule has 0 amide bonds. The van der Waals surface area contributed by atoms with E-state index in [9.17, 15) is 0 Å². The normalized spacial score (nSPS) is 10.7. The summed E-state index contributed by atoms with van der Waals surface area (Å²) in [6.07, 6.45) is 5.23. The fourth-order valence-corrected chi connectivity index (χ4v) is 0.742. The molecule has 54 valence electrons. The molecule has 0 aliphatic carbocycles. The van der Waals surface area contributed by atoms with Gasteiger partial charge in [-0.15, -0.1) is 0 Å². The van der Waals surface area contributed by atoms with Crippen LogP contribution in [0.3, 0.4) is 0 Å². The first-order valence-corrected chi connectivity index (χ1v) is 3.31. The third kappa shape index (κ3) is 2.23. The van der Waals surface area contributed by atoms with E-state index < -0.39 is 0 Å². The van der Waals surface area contributed by atoms with Crippen molar-refractivity contribution in [2.75, 3.05) is 0 Å². The van der Waals surface area contributed by atoms with E-state index in [0.29, 0.717) is 5.57 Å². The lowest BCUT2D eigenvalue weighted by Crippen LogP contribution is -1.74. The molecule has 1 aromatic heterocycles. The van der Waals surface area contributed by atoms with Crippen molar-refractivity contribution in [3.8, 4) is 6.07 Å². The van der Waals surface area contributed by atoms with Crippen LogP contribution >= 0.6 is 0 Å². The average molecular weight is 144 g/mol. The van der Waals surface area contributed by atoms with Crippen LogP contribution in [-0.4, -0.2) is 4.98 Å². The predicted octanol–water partition coefficient (Wildman–Crippen LogP) is 2.01. The van der Waals surface area contributed by atoms with Crippen molar-refractivity contribution >= 4 is 6.08 Å². The molecule has 1 rings (SSSR count). The summed E-state index contributed by atoms with van der Waals surface area (Å²) in [5.74, 6) is 0. The fourth-order valence-electron chi connectivity index (χ4n) is 0.742. The molecule has 0 fully saturated rings. The van der Waals surface area contributed by atoms with Gasteiger partial charge in [-0.3, -0.25) is 4.98 Å². The first kappa shape index (κ1) is 7.49. The molecule has 2 heteroatoms. The van der Waals surface area contributed by atoms with Crippen LogP contribution in [0.4, 0.5) is 0 Å². The standard InChI is InChI=1S/C9H8N2/c1-8(7-10)6-9-2-4-11-5-3-9/h2-6H,1H3. The van der Waals surface area contributed by atoms with Crippen LogP contribution in [-0.2, 0) is 0 Å². The molecule has 0 aliphatic heterocycles. The molecule has 1 heterocycles. The van der Waals surface area contributed by atoms with Gasteiger partial charge in [-0.05, 0) is 30.7 Å². The molecule has 0 spiro atoms. The van der Waals surface area contributed by atoms with Gasteiger partial charge in [0.25, 0.3) is 0 Å². The quantitative estimate of drug-likeness (QED) is 0.565. The minimum absolute atomic E-state index is 0.705. The Hall–Kier alpha value is -1.62. The van der Waals surface area contributed by atoms with E-state index in [1.807, 2.05) is 18.2 Å². The van der Waals surface area contributed by atoms with Crippen LogP contribution in [0.5, 0.6) is 0 Å². The number of nitrogens with zero attached hydrogens (tertiary/aromatic N) is 2. The minimum atomic E-state index is 0.705. The third-order valence-electron chi connectivity index (χ3n) is 1.27. The summed E-state index contributed by atoms with van der Waals surface area (Å²) >= 11 is 0. The van der Waals surface area contributed by atoms with E-state index in [-0.39, 0.29) is 0 Å². The lowest BCUT2D eigenvalue weighted by molar-refractivity contribution is 1.32. The number of allylic oxidation sites excluding steroid dienone is 1. The van der Waals surface area contributed by atoms with Gasteiger partial charge in [-0.2, -0.15) is 5.26 Å². The zero-order valence-corrected chi connectivity index (χ0v) is 6.28. The summed E-state index contributed by atoms with van der Waals surface area (Å²) in [5, 5.41) is 8.46. The molecule has 2 nitrogen and oxygen atoms in total. The minimum Gasteiger partial charge on any atom is -0.265 e. The summed E-state index contributed by atoms with van der Waals surface area (Å²) in [7, 11) is 0. The van der Waals surface area contributed by atoms with Crippen molar-refractivity contribution in [2.24, 2.45) is 0 Å². The summed E-state index contributed by atoms with van der Waals surface area (Å²) in [5.41, 5.74) is 1.72. The van der Waals surface area contributed by atoms with Crippen LogP contribution in [0.2, 0.25) is 0 Å². The maximum atomic E-state index is 8.46. The molecule has 11 heavy (non-hydrogen) atoms. The molecule has 0 N–H and O–H groups in total. The summed E-state index contributed by atoms with van der Waals surface area (Å²) in [6.45, 7) is 1.78. The summed E-state index contributed by atoms with van der Waals surface area (Å²) in [4.78, 5) is 3.87. The van der Waals surface area contributed by atoms with Crippen LogP contribution in [0.15, 0.2) is 30.1 Å². The topological polar surface area (TPSA) is 36.7 Å². The first-order chi connectivity index (χ1) is 5.33. The molecule has 0 atom stereocenters. The van der Waals surface area contributed by atoms with Gasteiger partial charge in [0.05, 0.1) is 6.07 Å². The Morgan fingerprint density at radius 1 is 1.55 bits per heavy atom. The smallest absolute Gasteiger partial charge is 0.0944 e. The Bertz CT molecular complexity index is 293. The zero-order valence-electron chi connectivity index (χ0n) is 6.28. The molecule has 0 unspecified atom stereocenters. The molecule has 0 aliphatic rings. The lowest BCUT2D eigenvalue weighted by Gasteiger charge is -1.89. The van der Waals surface area contributed by atoms with E-state index in [2.05, 4.69) is 11.1 Å². The van der Waals surface area contributed by atoms with E-state index in [0.717, 1.165) is 5.56 Å². The second-order valence-corrected chi connectivity index (χ2v) is 2.22. The number of hydrogen-bond acceptors (Lipinski definition) is 2. The lowest BCUT2D eigenvalue weighted by atomic mass is 10.2. The highest BCUT2D eigenvalue weighted by atomic mass is 14.6. The molecule has 0 radical (unpaired) electrons. The van der Waals surface area contributed by atoms with E-state index in [1.165, 1.54) is 0 Å². The van der Waals surface area contributed by atoms with Crippen molar-refractivity contribution in [3.63, 3.8) is 0 Å². The highest BCUT2D eigenvalue weighted by molar-refractivity contribution is 5.55. The molecule has 0 saturated carbocycles. The van der Waals surface area contributed by atoms with E-state index >= 15 is 0 Å². The van der Waals surface area contributed by atoms with Crippen molar-refractivity contribution in [1.82, 2.24) is 4.98 Å². The zero-order chi connectivity index (χ0) is 8.10. The van der Waals surface area contributed by atoms with Crippen LogP contribution in [0, 0.1) is 11.3 Å². The van der Waals surface area contributed by atoms with Crippen molar-refractivity contribution in [2.45, 2.75) is 6.92 Å². The van der Waals surface area contributed by atoms with E-state index in [4.69, 9.17) is 5.26 Å². The second kappa shape index (κ2) is 3.52. The Balaban J connectivity index is 2.90. The highest BCUT2D eigenvalue weighted by Crippen LogP contribution is 2.02. The van der Waals surface area contributed by atoms with Crippen molar-refractivity contribution < 1.29 is 0 Å². The number of aromatic nitrogens is 1. The van der Waals surface area contributed by atoms with Gasteiger partial charge in [-0.1, -0.05) is 0 Å². The fraction of sp³-hybridized carbons (Fsp3) is 0.111. The highest BCUT2D eigenvalue weighted by Gasteiger charge is 1.86. The number of pyridine rings is 1. The summed E-state index contributed by atoms with van der Waals surface area (Å²) in [6, 6.07) is 5.78. The van der Waals surface area contributed by atoms with Crippen LogP contribution < -0.4 is 0 Å². The van der Waals surface area contributed by atoms with Gasteiger partial charge in [0.15, 0.2) is 0 Å². The molecule has 1 aromatic rings. The molecular weight excluding hydrogens is 136 g/mol. The largest absolute Gasteiger partial charge is 0.265 e.